The van der Waals surface area contributed by atoms with Crippen LogP contribution < -0.4 is 5.32 Å². The van der Waals surface area contributed by atoms with Crippen molar-refractivity contribution in [2.75, 3.05) is 6.54 Å². The fraction of sp³-hybridized carbons (Fsp3) is 0.667. The summed E-state index contributed by atoms with van der Waals surface area (Å²) >= 11 is 13.4. The molecule has 1 atom stereocenters. The van der Waals surface area contributed by atoms with Gasteiger partial charge >= 0.3 is 0 Å². The van der Waals surface area contributed by atoms with Gasteiger partial charge in [-0.2, -0.15) is 0 Å². The summed E-state index contributed by atoms with van der Waals surface area (Å²) in [7, 11) is 0. The number of thiophene rings is 1. The number of rotatable bonds is 6. The molecule has 1 aromatic heterocycles. The predicted octanol–water partition coefficient (Wildman–Crippen LogP) is 5.14. The molecular formula is C12H19Cl2NS. The third kappa shape index (κ3) is 4.62. The van der Waals surface area contributed by atoms with Gasteiger partial charge in [-0.3, -0.25) is 0 Å². The molecule has 1 heterocycles. The molecule has 1 nitrogen and oxygen atoms in total. The highest BCUT2D eigenvalue weighted by molar-refractivity contribution is 7.20. The van der Waals surface area contributed by atoms with Crippen molar-refractivity contribution in [3.8, 4) is 0 Å². The highest BCUT2D eigenvalue weighted by Crippen LogP contribution is 2.34. The monoisotopic (exact) mass is 279 g/mol. The van der Waals surface area contributed by atoms with Crippen molar-refractivity contribution >= 4 is 34.5 Å². The molecule has 16 heavy (non-hydrogen) atoms. The Balaban J connectivity index is 2.35. The number of nitrogens with one attached hydrogen (secondary N) is 1. The molecule has 0 bridgehead atoms. The van der Waals surface area contributed by atoms with Gasteiger partial charge in [0, 0.05) is 6.04 Å². The average Bonchev–Trinajstić information content (AvgIpc) is 2.52. The van der Waals surface area contributed by atoms with E-state index in [1.54, 1.807) is 0 Å². The van der Waals surface area contributed by atoms with Crippen LogP contribution in [-0.2, 0) is 0 Å². The van der Waals surface area contributed by atoms with Crippen molar-refractivity contribution in [2.45, 2.75) is 39.7 Å². The van der Waals surface area contributed by atoms with Crippen molar-refractivity contribution < 1.29 is 0 Å². The second-order valence-corrected chi connectivity index (χ2v) is 6.78. The van der Waals surface area contributed by atoms with Crippen LogP contribution in [0.4, 0.5) is 0 Å². The zero-order valence-corrected chi connectivity index (χ0v) is 12.3. The van der Waals surface area contributed by atoms with Crippen LogP contribution in [0.2, 0.25) is 8.67 Å². The summed E-state index contributed by atoms with van der Waals surface area (Å²) in [6.07, 6.45) is 2.47. The van der Waals surface area contributed by atoms with Crippen molar-refractivity contribution in [3.05, 3.63) is 20.3 Å². The number of hydrogen-bond acceptors (Lipinski definition) is 2. The minimum Gasteiger partial charge on any atom is -0.310 e. The Morgan fingerprint density at radius 1 is 1.31 bits per heavy atom. The van der Waals surface area contributed by atoms with Crippen LogP contribution >= 0.6 is 34.5 Å². The van der Waals surface area contributed by atoms with Crippen LogP contribution in [-0.4, -0.2) is 6.54 Å². The average molecular weight is 280 g/mol. The Hall–Kier alpha value is 0.240. The third-order valence-electron chi connectivity index (χ3n) is 2.56. The topological polar surface area (TPSA) is 12.0 Å². The second kappa shape index (κ2) is 6.85. The third-order valence-corrected chi connectivity index (χ3v) is 4.08. The fourth-order valence-corrected chi connectivity index (χ4v) is 3.23. The van der Waals surface area contributed by atoms with Crippen molar-refractivity contribution in [2.24, 2.45) is 5.92 Å². The first-order valence-corrected chi connectivity index (χ1v) is 7.26. The summed E-state index contributed by atoms with van der Waals surface area (Å²) < 4.78 is 1.56. The summed E-state index contributed by atoms with van der Waals surface area (Å²) in [6.45, 7) is 7.65. The lowest BCUT2D eigenvalue weighted by molar-refractivity contribution is 0.498. The van der Waals surface area contributed by atoms with Crippen LogP contribution in [0.15, 0.2) is 6.07 Å². The lowest BCUT2D eigenvalue weighted by atomic mass is 10.1. The molecule has 0 aromatic carbocycles. The Morgan fingerprint density at radius 3 is 2.50 bits per heavy atom. The fourth-order valence-electron chi connectivity index (χ4n) is 1.59. The maximum Gasteiger partial charge on any atom is 0.0991 e. The normalized spacial score (nSPS) is 13.4. The first-order chi connectivity index (χ1) is 7.50. The van der Waals surface area contributed by atoms with Crippen LogP contribution in [0.25, 0.3) is 0 Å². The zero-order chi connectivity index (χ0) is 12.1. The number of hydrogen-bond donors (Lipinski definition) is 1. The van der Waals surface area contributed by atoms with E-state index in [9.17, 15) is 0 Å². The highest BCUT2D eigenvalue weighted by atomic mass is 35.5. The summed E-state index contributed by atoms with van der Waals surface area (Å²) in [5.74, 6) is 0.774. The van der Waals surface area contributed by atoms with E-state index in [1.165, 1.54) is 24.2 Å². The molecule has 0 amide bonds. The first-order valence-electron chi connectivity index (χ1n) is 5.68. The molecule has 4 heteroatoms. The largest absolute Gasteiger partial charge is 0.310 e. The minimum absolute atomic E-state index is 0.281. The lowest BCUT2D eigenvalue weighted by Crippen LogP contribution is -2.19. The van der Waals surface area contributed by atoms with Crippen LogP contribution in [0, 0.1) is 5.92 Å². The molecule has 1 rings (SSSR count). The molecule has 0 aliphatic carbocycles. The SMILES string of the molecule is CC(C)CCCNC(C)c1cc(Cl)sc1Cl. The van der Waals surface area contributed by atoms with E-state index in [1.807, 2.05) is 6.07 Å². The molecule has 92 valence electrons. The molecule has 1 aromatic rings. The molecule has 0 saturated carbocycles. The van der Waals surface area contributed by atoms with Gasteiger partial charge < -0.3 is 5.32 Å². The Labute approximate surface area is 112 Å². The van der Waals surface area contributed by atoms with E-state index in [-0.39, 0.29) is 6.04 Å². The Bertz CT molecular complexity index is 323. The number of halogens is 2. The Morgan fingerprint density at radius 2 is 2.00 bits per heavy atom. The molecule has 0 radical (unpaired) electrons. The summed E-state index contributed by atoms with van der Waals surface area (Å²) in [5, 5.41) is 3.47. The van der Waals surface area contributed by atoms with Gasteiger partial charge in [-0.25, -0.2) is 0 Å². The van der Waals surface area contributed by atoms with E-state index in [4.69, 9.17) is 23.2 Å². The van der Waals surface area contributed by atoms with Crippen LogP contribution in [0.1, 0.15) is 45.2 Å². The van der Waals surface area contributed by atoms with Gasteiger partial charge in [0.1, 0.15) is 0 Å². The zero-order valence-electron chi connectivity index (χ0n) is 10.0. The predicted molar refractivity (Wildman–Crippen MR) is 74.8 cm³/mol. The molecule has 0 saturated heterocycles. The van der Waals surface area contributed by atoms with Gasteiger partial charge in [-0.05, 0) is 43.9 Å². The van der Waals surface area contributed by atoms with Crippen molar-refractivity contribution in [1.82, 2.24) is 5.32 Å². The maximum atomic E-state index is 6.10. The van der Waals surface area contributed by atoms with Gasteiger partial charge in [-0.1, -0.05) is 37.0 Å². The minimum atomic E-state index is 0.281. The molecule has 0 fully saturated rings. The molecule has 0 aliphatic rings. The van der Waals surface area contributed by atoms with E-state index in [0.717, 1.165) is 26.7 Å². The standard InChI is InChI=1S/C12H19Cl2NS/c1-8(2)5-4-6-15-9(3)10-7-11(13)16-12(10)14/h7-9,15H,4-6H2,1-3H3. The van der Waals surface area contributed by atoms with Gasteiger partial charge in [0.2, 0.25) is 0 Å². The van der Waals surface area contributed by atoms with Gasteiger partial charge in [-0.15, -0.1) is 11.3 Å². The van der Waals surface area contributed by atoms with Crippen molar-refractivity contribution in [3.63, 3.8) is 0 Å². The Kier molecular flexibility index (Phi) is 6.12. The summed E-state index contributed by atoms with van der Waals surface area (Å²) in [4.78, 5) is 0. The smallest absolute Gasteiger partial charge is 0.0991 e. The molecule has 0 spiro atoms. The molecule has 1 unspecified atom stereocenters. The van der Waals surface area contributed by atoms with E-state index >= 15 is 0 Å². The molecular weight excluding hydrogens is 261 g/mol. The van der Waals surface area contributed by atoms with Gasteiger partial charge in [0.25, 0.3) is 0 Å². The van der Waals surface area contributed by atoms with Crippen LogP contribution in [0.3, 0.4) is 0 Å². The van der Waals surface area contributed by atoms with Crippen LogP contribution in [0.5, 0.6) is 0 Å². The summed E-state index contributed by atoms with van der Waals surface area (Å²) in [5.41, 5.74) is 1.11. The molecule has 1 N–H and O–H groups in total. The molecule has 0 aliphatic heterocycles. The maximum absolute atomic E-state index is 6.10. The first kappa shape index (κ1) is 14.3. The highest BCUT2D eigenvalue weighted by Gasteiger charge is 2.12. The lowest BCUT2D eigenvalue weighted by Gasteiger charge is -2.13. The van der Waals surface area contributed by atoms with Gasteiger partial charge in [0.15, 0.2) is 0 Å². The van der Waals surface area contributed by atoms with E-state index in [0.29, 0.717) is 0 Å². The van der Waals surface area contributed by atoms with E-state index < -0.39 is 0 Å². The van der Waals surface area contributed by atoms with Gasteiger partial charge in [0.05, 0.1) is 8.67 Å². The second-order valence-electron chi connectivity index (χ2n) is 4.49. The summed E-state index contributed by atoms with van der Waals surface area (Å²) in [6, 6.07) is 2.23. The van der Waals surface area contributed by atoms with E-state index in [2.05, 4.69) is 26.1 Å². The quantitative estimate of drug-likeness (QED) is 0.711. The van der Waals surface area contributed by atoms with Crippen molar-refractivity contribution in [1.29, 1.82) is 0 Å².